The van der Waals surface area contributed by atoms with E-state index in [0.717, 1.165) is 20.0 Å². The fourth-order valence-electron chi connectivity index (χ4n) is 1.86. The first-order valence-corrected chi connectivity index (χ1v) is 6.98. The highest BCUT2D eigenvalue weighted by Gasteiger charge is 2.07. The number of thiophene rings is 1. The van der Waals surface area contributed by atoms with Crippen molar-refractivity contribution in [1.29, 1.82) is 0 Å². The smallest absolute Gasteiger partial charge is 0.165 e. The molecule has 0 saturated carbocycles. The minimum absolute atomic E-state index is 0.269. The van der Waals surface area contributed by atoms with Gasteiger partial charge in [0.05, 0.1) is 0 Å². The average molecular weight is 293 g/mol. The third-order valence-electron chi connectivity index (χ3n) is 2.77. The third kappa shape index (κ3) is 2.57. The van der Waals surface area contributed by atoms with Crippen LogP contribution >= 0.6 is 22.9 Å². The van der Waals surface area contributed by atoms with Crippen LogP contribution in [0.15, 0.2) is 48.5 Å². The summed E-state index contributed by atoms with van der Waals surface area (Å²) in [4.78, 5) is 1.02. The summed E-state index contributed by atoms with van der Waals surface area (Å²) >= 11 is 7.72. The van der Waals surface area contributed by atoms with E-state index in [4.69, 9.17) is 16.3 Å². The van der Waals surface area contributed by atoms with Crippen molar-refractivity contribution in [3.63, 3.8) is 0 Å². The van der Waals surface area contributed by atoms with Crippen LogP contribution in [-0.4, -0.2) is 0 Å². The van der Waals surface area contributed by atoms with Gasteiger partial charge in [-0.25, -0.2) is 4.39 Å². The van der Waals surface area contributed by atoms with Crippen molar-refractivity contribution in [2.75, 3.05) is 0 Å². The lowest BCUT2D eigenvalue weighted by Crippen LogP contribution is -1.94. The summed E-state index contributed by atoms with van der Waals surface area (Å²) in [6.45, 7) is 0.344. The molecule has 0 atom stereocenters. The van der Waals surface area contributed by atoms with E-state index < -0.39 is 0 Å². The molecule has 1 heterocycles. The van der Waals surface area contributed by atoms with E-state index in [1.807, 2.05) is 24.3 Å². The Labute approximate surface area is 119 Å². The molecule has 0 aliphatic rings. The highest BCUT2D eigenvalue weighted by Crippen LogP contribution is 2.31. The van der Waals surface area contributed by atoms with Crippen LogP contribution in [0.25, 0.3) is 10.1 Å². The van der Waals surface area contributed by atoms with Crippen LogP contribution in [0.3, 0.4) is 0 Å². The van der Waals surface area contributed by atoms with Gasteiger partial charge < -0.3 is 4.74 Å². The van der Waals surface area contributed by atoms with Crippen LogP contribution in [-0.2, 0) is 6.61 Å². The Morgan fingerprint density at radius 2 is 1.95 bits per heavy atom. The quantitative estimate of drug-likeness (QED) is 0.639. The molecule has 3 rings (SSSR count). The van der Waals surface area contributed by atoms with Gasteiger partial charge in [0, 0.05) is 20.0 Å². The van der Waals surface area contributed by atoms with Gasteiger partial charge in [0.1, 0.15) is 6.61 Å². The summed E-state index contributed by atoms with van der Waals surface area (Å²) in [6, 6.07) is 14.2. The summed E-state index contributed by atoms with van der Waals surface area (Å²) in [6.07, 6.45) is 0. The molecule has 0 N–H and O–H groups in total. The summed E-state index contributed by atoms with van der Waals surface area (Å²) < 4.78 is 20.0. The summed E-state index contributed by atoms with van der Waals surface area (Å²) in [5, 5.41) is 1.74. The topological polar surface area (TPSA) is 9.23 Å². The molecule has 0 bridgehead atoms. The molecule has 3 aromatic rings. The monoisotopic (exact) mass is 292 g/mol. The van der Waals surface area contributed by atoms with Crippen molar-refractivity contribution < 1.29 is 9.13 Å². The number of hydrogen-bond donors (Lipinski definition) is 0. The molecular weight excluding hydrogens is 283 g/mol. The molecule has 0 aliphatic carbocycles. The van der Waals surface area contributed by atoms with Crippen molar-refractivity contribution in [3.05, 3.63) is 64.2 Å². The molecule has 1 nitrogen and oxygen atoms in total. The number of hydrogen-bond acceptors (Lipinski definition) is 2. The van der Waals surface area contributed by atoms with E-state index in [-0.39, 0.29) is 11.6 Å². The third-order valence-corrected chi connectivity index (χ3v) is 4.17. The number of halogens is 2. The lowest BCUT2D eigenvalue weighted by Gasteiger charge is -2.04. The van der Waals surface area contributed by atoms with Crippen molar-refractivity contribution in [1.82, 2.24) is 0 Å². The molecule has 19 heavy (non-hydrogen) atoms. The number of para-hydroxylation sites is 1. The molecule has 0 aliphatic heterocycles. The zero-order valence-corrected chi connectivity index (χ0v) is 11.5. The van der Waals surface area contributed by atoms with Gasteiger partial charge in [-0.05, 0) is 30.3 Å². The first kappa shape index (κ1) is 12.5. The second kappa shape index (κ2) is 5.19. The average Bonchev–Trinajstić information content (AvgIpc) is 2.82. The van der Waals surface area contributed by atoms with E-state index in [2.05, 4.69) is 0 Å². The molecule has 4 heteroatoms. The maximum atomic E-state index is 13.4. The summed E-state index contributed by atoms with van der Waals surface area (Å²) in [5.41, 5.74) is 0. The van der Waals surface area contributed by atoms with Gasteiger partial charge in [-0.15, -0.1) is 11.3 Å². The minimum Gasteiger partial charge on any atom is -0.485 e. The first-order valence-electron chi connectivity index (χ1n) is 5.78. The van der Waals surface area contributed by atoms with E-state index in [1.165, 1.54) is 6.07 Å². The van der Waals surface area contributed by atoms with E-state index >= 15 is 0 Å². The molecule has 0 spiro atoms. The summed E-state index contributed by atoms with van der Waals surface area (Å²) in [5.74, 6) is -0.0762. The lowest BCUT2D eigenvalue weighted by atomic mass is 10.2. The second-order valence-corrected chi connectivity index (χ2v) is 5.66. The van der Waals surface area contributed by atoms with Crippen LogP contribution < -0.4 is 4.74 Å². The molecule has 0 radical (unpaired) electrons. The van der Waals surface area contributed by atoms with Crippen LogP contribution in [0.4, 0.5) is 4.39 Å². The predicted molar refractivity (Wildman–Crippen MR) is 77.6 cm³/mol. The number of benzene rings is 2. The zero-order valence-electron chi connectivity index (χ0n) is 9.90. The van der Waals surface area contributed by atoms with Gasteiger partial charge in [-0.2, -0.15) is 0 Å². The second-order valence-electron chi connectivity index (χ2n) is 4.08. The SMILES string of the molecule is Fc1ccccc1OCc1cc2c(Cl)cccc2s1. The molecule has 1 aromatic heterocycles. The molecule has 96 valence electrons. The molecule has 0 unspecified atom stereocenters. The van der Waals surface area contributed by atoms with E-state index in [1.54, 1.807) is 29.5 Å². The maximum Gasteiger partial charge on any atom is 0.165 e. The van der Waals surface area contributed by atoms with E-state index in [9.17, 15) is 4.39 Å². The lowest BCUT2D eigenvalue weighted by molar-refractivity contribution is 0.293. The van der Waals surface area contributed by atoms with Gasteiger partial charge in [0.25, 0.3) is 0 Å². The Morgan fingerprint density at radius 3 is 2.74 bits per heavy atom. The normalized spacial score (nSPS) is 10.8. The van der Waals surface area contributed by atoms with Crippen molar-refractivity contribution in [3.8, 4) is 5.75 Å². The zero-order chi connectivity index (χ0) is 13.2. The maximum absolute atomic E-state index is 13.4. The molecule has 2 aromatic carbocycles. The van der Waals surface area contributed by atoms with Crippen molar-refractivity contribution in [2.24, 2.45) is 0 Å². The van der Waals surface area contributed by atoms with E-state index in [0.29, 0.717) is 6.61 Å². The standard InChI is InChI=1S/C15H10ClFOS/c16-12-4-3-7-15-11(12)8-10(19-15)9-18-14-6-2-1-5-13(14)17/h1-8H,9H2. The van der Waals surface area contributed by atoms with Crippen molar-refractivity contribution >= 4 is 33.0 Å². The number of rotatable bonds is 3. The van der Waals surface area contributed by atoms with Crippen LogP contribution in [0.2, 0.25) is 5.02 Å². The van der Waals surface area contributed by atoms with Crippen LogP contribution in [0.1, 0.15) is 4.88 Å². The largest absolute Gasteiger partial charge is 0.485 e. The molecule has 0 fully saturated rings. The molecular formula is C15H10ClFOS. The van der Waals surface area contributed by atoms with Gasteiger partial charge in [-0.1, -0.05) is 29.8 Å². The summed E-state index contributed by atoms with van der Waals surface area (Å²) in [7, 11) is 0. The Bertz CT molecular complexity index is 723. The Kier molecular flexibility index (Phi) is 3.40. The van der Waals surface area contributed by atoms with Crippen LogP contribution in [0, 0.1) is 5.82 Å². The predicted octanol–water partition coefficient (Wildman–Crippen LogP) is 5.27. The highest BCUT2D eigenvalue weighted by atomic mass is 35.5. The Morgan fingerprint density at radius 1 is 1.11 bits per heavy atom. The molecule has 0 amide bonds. The molecule has 0 saturated heterocycles. The Balaban J connectivity index is 1.83. The van der Waals surface area contributed by atoms with Crippen LogP contribution in [0.5, 0.6) is 5.75 Å². The first-order chi connectivity index (χ1) is 9.24. The fourth-order valence-corrected chi connectivity index (χ4v) is 3.15. The van der Waals surface area contributed by atoms with Gasteiger partial charge in [0.2, 0.25) is 0 Å². The fraction of sp³-hybridized carbons (Fsp3) is 0.0667. The Hall–Kier alpha value is -1.58. The highest BCUT2D eigenvalue weighted by molar-refractivity contribution is 7.19. The number of ether oxygens (including phenoxy) is 1. The van der Waals surface area contributed by atoms with Gasteiger partial charge in [-0.3, -0.25) is 0 Å². The van der Waals surface area contributed by atoms with Gasteiger partial charge >= 0.3 is 0 Å². The minimum atomic E-state index is -0.346. The number of fused-ring (bicyclic) bond motifs is 1. The van der Waals surface area contributed by atoms with Gasteiger partial charge in [0.15, 0.2) is 11.6 Å². The van der Waals surface area contributed by atoms with Crippen molar-refractivity contribution in [2.45, 2.75) is 6.61 Å².